The number of benzene rings is 6. The average Bonchev–Trinajstić information content (AvgIpc) is 3.63. The number of rotatable bonds is 0. The van der Waals surface area contributed by atoms with Gasteiger partial charge in [0.25, 0.3) is 0 Å². The third-order valence-corrected chi connectivity index (χ3v) is 13.6. The van der Waals surface area contributed by atoms with E-state index in [1.807, 2.05) is 11.3 Å². The highest BCUT2D eigenvalue weighted by Crippen LogP contribution is 2.56. The number of hydrogen-bond acceptors (Lipinski definition) is 2. The lowest BCUT2D eigenvalue weighted by molar-refractivity contribution is 0.590. The molecule has 0 aliphatic carbocycles. The number of nitrogens with zero attached hydrogens (tertiary/aromatic N) is 2. The Hall–Kier alpha value is -4.80. The molecule has 0 bridgehead atoms. The second-order valence-electron chi connectivity index (χ2n) is 17.8. The molecule has 0 radical (unpaired) electrons. The minimum atomic E-state index is -0.135. The van der Waals surface area contributed by atoms with Gasteiger partial charge in [0.1, 0.15) is 0 Å². The van der Waals surface area contributed by atoms with Gasteiger partial charge in [0, 0.05) is 64.3 Å². The highest BCUT2D eigenvalue weighted by molar-refractivity contribution is 7.26. The fourth-order valence-electron chi connectivity index (χ4n) is 9.84. The average molecular weight is 677 g/mol. The van der Waals surface area contributed by atoms with Crippen LogP contribution in [0.4, 0.5) is 17.1 Å². The van der Waals surface area contributed by atoms with Crippen molar-refractivity contribution in [3.05, 3.63) is 125 Å². The van der Waals surface area contributed by atoms with Crippen LogP contribution in [0.25, 0.3) is 53.1 Å². The molecule has 3 aliphatic rings. The summed E-state index contributed by atoms with van der Waals surface area (Å²) in [7, 11) is 0. The van der Waals surface area contributed by atoms with Crippen LogP contribution in [0.3, 0.4) is 0 Å². The number of para-hydroxylation sites is 2. The quantitative estimate of drug-likeness (QED) is 0.145. The predicted octanol–water partition coefficient (Wildman–Crippen LogP) is 11.8. The lowest BCUT2D eigenvalue weighted by atomic mass is 9.44. The van der Waals surface area contributed by atoms with E-state index in [0.717, 1.165) is 0 Å². The van der Waals surface area contributed by atoms with E-state index in [1.165, 1.54) is 103 Å². The molecule has 0 fully saturated rings. The normalized spacial score (nSPS) is 15.5. The second kappa shape index (κ2) is 9.35. The molecule has 5 heterocycles. The van der Waals surface area contributed by atoms with Crippen molar-refractivity contribution < 1.29 is 0 Å². The van der Waals surface area contributed by atoms with Crippen LogP contribution in [-0.4, -0.2) is 11.3 Å². The first kappa shape index (κ1) is 29.9. The summed E-state index contributed by atoms with van der Waals surface area (Å²) in [5, 5.41) is 5.51. The van der Waals surface area contributed by atoms with E-state index < -0.39 is 0 Å². The van der Waals surface area contributed by atoms with Crippen molar-refractivity contribution in [1.82, 2.24) is 4.48 Å². The van der Waals surface area contributed by atoms with Crippen LogP contribution in [0.15, 0.2) is 103 Å². The summed E-state index contributed by atoms with van der Waals surface area (Å²) in [5.74, 6) is 0. The van der Waals surface area contributed by atoms with Gasteiger partial charge in [-0.1, -0.05) is 116 Å². The van der Waals surface area contributed by atoms with E-state index in [1.54, 1.807) is 0 Å². The molecule has 0 spiro atoms. The first-order valence-corrected chi connectivity index (χ1v) is 19.3. The van der Waals surface area contributed by atoms with Crippen LogP contribution in [0.1, 0.15) is 77.6 Å². The summed E-state index contributed by atoms with van der Waals surface area (Å²) in [5.41, 5.74) is 17.8. The summed E-state index contributed by atoms with van der Waals surface area (Å²) in [6, 6.07) is 40.3. The zero-order valence-corrected chi connectivity index (χ0v) is 31.5. The van der Waals surface area contributed by atoms with Gasteiger partial charge in [-0.2, -0.15) is 0 Å². The molecule has 51 heavy (non-hydrogen) atoms. The minimum Gasteiger partial charge on any atom is -0.375 e. The molecule has 0 atom stereocenters. The van der Waals surface area contributed by atoms with Gasteiger partial charge in [0.2, 0.25) is 0 Å². The molecular formula is C47H41BN2S. The molecule has 0 amide bonds. The molecule has 8 aromatic rings. The van der Waals surface area contributed by atoms with Gasteiger partial charge in [-0.3, -0.25) is 0 Å². The minimum absolute atomic E-state index is 0.0127. The van der Waals surface area contributed by atoms with Crippen LogP contribution >= 0.6 is 11.3 Å². The third-order valence-electron chi connectivity index (χ3n) is 12.4. The topological polar surface area (TPSA) is 8.17 Å². The summed E-state index contributed by atoms with van der Waals surface area (Å²) in [6.07, 6.45) is 0. The van der Waals surface area contributed by atoms with Gasteiger partial charge in [0.15, 0.2) is 0 Å². The van der Waals surface area contributed by atoms with E-state index in [4.69, 9.17) is 0 Å². The van der Waals surface area contributed by atoms with Gasteiger partial charge in [0.05, 0.1) is 5.69 Å². The molecule has 2 nitrogen and oxygen atoms in total. The van der Waals surface area contributed by atoms with Crippen molar-refractivity contribution in [2.75, 3.05) is 4.90 Å². The molecule has 6 aromatic carbocycles. The zero-order chi connectivity index (χ0) is 34.9. The lowest BCUT2D eigenvalue weighted by Crippen LogP contribution is -2.58. The maximum atomic E-state index is 2.74. The van der Waals surface area contributed by atoms with Crippen LogP contribution in [0, 0.1) is 0 Å². The summed E-state index contributed by atoms with van der Waals surface area (Å²) in [6.45, 7) is 19.0. The number of aromatic nitrogens is 1. The van der Waals surface area contributed by atoms with Crippen molar-refractivity contribution in [3.63, 3.8) is 0 Å². The molecule has 0 N–H and O–H groups in total. The Bertz CT molecular complexity index is 2870. The Labute approximate surface area is 304 Å². The van der Waals surface area contributed by atoms with E-state index in [9.17, 15) is 0 Å². The van der Waals surface area contributed by atoms with Gasteiger partial charge in [-0.05, 0) is 92.0 Å². The summed E-state index contributed by atoms with van der Waals surface area (Å²) in [4.78, 5) is 2.64. The van der Waals surface area contributed by atoms with Crippen LogP contribution in [-0.2, 0) is 16.2 Å². The molecular weight excluding hydrogens is 635 g/mol. The maximum absolute atomic E-state index is 2.74. The van der Waals surface area contributed by atoms with E-state index >= 15 is 0 Å². The Kier molecular flexibility index (Phi) is 5.48. The van der Waals surface area contributed by atoms with Crippen molar-refractivity contribution >= 4 is 88.2 Å². The summed E-state index contributed by atoms with van der Waals surface area (Å²) >= 11 is 1.94. The molecule has 248 valence electrons. The highest BCUT2D eigenvalue weighted by atomic mass is 32.1. The van der Waals surface area contributed by atoms with Crippen molar-refractivity contribution in [2.45, 2.75) is 71.6 Å². The number of thiophene rings is 1. The Morgan fingerprint density at radius 3 is 2.16 bits per heavy atom. The largest absolute Gasteiger partial charge is 0.375 e. The van der Waals surface area contributed by atoms with E-state index in [0.29, 0.717) is 0 Å². The molecule has 2 aromatic heterocycles. The monoisotopic (exact) mass is 676 g/mol. The van der Waals surface area contributed by atoms with Crippen LogP contribution in [0.2, 0.25) is 0 Å². The van der Waals surface area contributed by atoms with Crippen molar-refractivity contribution in [1.29, 1.82) is 0 Å². The van der Waals surface area contributed by atoms with Crippen LogP contribution in [0.5, 0.6) is 0 Å². The molecule has 0 unspecified atom stereocenters. The second-order valence-corrected chi connectivity index (χ2v) is 18.9. The predicted molar refractivity (Wildman–Crippen MR) is 222 cm³/mol. The van der Waals surface area contributed by atoms with Gasteiger partial charge in [-0.25, -0.2) is 0 Å². The van der Waals surface area contributed by atoms with E-state index in [2.05, 4.69) is 168 Å². The first-order chi connectivity index (χ1) is 24.3. The zero-order valence-electron chi connectivity index (χ0n) is 30.7. The van der Waals surface area contributed by atoms with Crippen molar-refractivity contribution in [2.24, 2.45) is 0 Å². The third kappa shape index (κ3) is 3.64. The Morgan fingerprint density at radius 2 is 1.35 bits per heavy atom. The molecule has 0 saturated heterocycles. The molecule has 4 heteroatoms. The summed E-state index contributed by atoms with van der Waals surface area (Å²) < 4.78 is 5.46. The number of hydrogen-bond donors (Lipinski definition) is 0. The van der Waals surface area contributed by atoms with Gasteiger partial charge in [-0.15, -0.1) is 11.3 Å². The highest BCUT2D eigenvalue weighted by Gasteiger charge is 2.48. The lowest BCUT2D eigenvalue weighted by Gasteiger charge is -2.48. The smallest absolute Gasteiger partial charge is 0.333 e. The Morgan fingerprint density at radius 1 is 0.627 bits per heavy atom. The molecule has 3 aliphatic heterocycles. The van der Waals surface area contributed by atoms with Gasteiger partial charge >= 0.3 is 6.85 Å². The van der Waals surface area contributed by atoms with Gasteiger partial charge < -0.3 is 9.38 Å². The first-order valence-electron chi connectivity index (χ1n) is 18.5. The Balaban J connectivity index is 1.41. The number of fused-ring (bicyclic) bond motifs is 13. The molecule has 11 rings (SSSR count). The molecule has 0 saturated carbocycles. The fourth-order valence-corrected chi connectivity index (χ4v) is 11.0. The van der Waals surface area contributed by atoms with E-state index in [-0.39, 0.29) is 23.1 Å². The standard InChI is InChI=1S/C47H41BN2S/c1-45(2,3)26-20-21-35-29(22-26)30-23-27(46(4,5)6)24-31-41-40-28-14-9-12-19-38(28)51-39(40)25-37-42(41)48(50(35)43(30)31)34-17-13-16-33-44(34)49(37)36-18-11-10-15-32(36)47(33,7)8/h9-25H,1-8H3. The maximum Gasteiger partial charge on any atom is 0.333 e. The van der Waals surface area contributed by atoms with Crippen LogP contribution < -0.4 is 15.8 Å². The number of anilines is 3. The SMILES string of the molecule is CC(C)(C)c1ccc2c(c1)c1cc(C(C)(C)C)cc3c1n2B1c2cccc4c2N(c2ccccc2C4(C)C)c2cc4sc5ccccc5c4c-3c21. The fraction of sp³-hybridized carbons (Fsp3) is 0.234. The van der Waals surface area contributed by atoms with Crippen molar-refractivity contribution in [3.8, 4) is 11.1 Å².